The molecule has 0 spiro atoms. The second-order valence-corrected chi connectivity index (χ2v) is 4.76. The maximum atomic E-state index is 4.57. The van der Waals surface area contributed by atoms with E-state index in [0.717, 1.165) is 18.2 Å². The second-order valence-electron chi connectivity index (χ2n) is 4.76. The summed E-state index contributed by atoms with van der Waals surface area (Å²) in [4.78, 5) is 4.57. The lowest BCUT2D eigenvalue weighted by Gasteiger charge is -2.24. The fraction of sp³-hybridized carbons (Fsp3) is 0.692. The first-order valence-corrected chi connectivity index (χ1v) is 6.91. The van der Waals surface area contributed by atoms with Crippen LogP contribution in [-0.2, 0) is 6.54 Å². The van der Waals surface area contributed by atoms with Crippen molar-refractivity contribution in [1.29, 1.82) is 0 Å². The van der Waals surface area contributed by atoms with Gasteiger partial charge in [-0.15, -0.1) is 0 Å². The molecule has 0 aromatic carbocycles. The van der Waals surface area contributed by atoms with E-state index in [4.69, 9.17) is 0 Å². The lowest BCUT2D eigenvalue weighted by molar-refractivity contribution is 0.410. The van der Waals surface area contributed by atoms with Gasteiger partial charge in [0.15, 0.2) is 5.96 Å². The number of nitrogens with one attached hydrogen (secondary N) is 3. The number of aliphatic imine (C=N–C) groups is 1. The van der Waals surface area contributed by atoms with Crippen LogP contribution in [0.25, 0.3) is 0 Å². The standard InChI is InChI=1S/C13H23N5/c1-2-14-13(15-10-12-8-9-16-18-12)17-11-6-4-3-5-7-11/h8-9,11H,2-7,10H2,1H3,(H,16,18)(H2,14,15,17). The van der Waals surface area contributed by atoms with Crippen LogP contribution >= 0.6 is 0 Å². The van der Waals surface area contributed by atoms with Gasteiger partial charge in [0, 0.05) is 18.8 Å². The lowest BCUT2D eigenvalue weighted by Crippen LogP contribution is -2.44. The zero-order valence-electron chi connectivity index (χ0n) is 11.1. The van der Waals surface area contributed by atoms with Crippen LogP contribution in [0, 0.1) is 0 Å². The van der Waals surface area contributed by atoms with Gasteiger partial charge in [-0.1, -0.05) is 19.3 Å². The molecule has 1 saturated carbocycles. The van der Waals surface area contributed by atoms with Crippen molar-refractivity contribution in [3.8, 4) is 0 Å². The highest BCUT2D eigenvalue weighted by Gasteiger charge is 2.14. The Labute approximate surface area is 108 Å². The van der Waals surface area contributed by atoms with Crippen molar-refractivity contribution >= 4 is 5.96 Å². The highest BCUT2D eigenvalue weighted by molar-refractivity contribution is 5.80. The molecular weight excluding hydrogens is 226 g/mol. The molecule has 1 aliphatic rings. The maximum Gasteiger partial charge on any atom is 0.191 e. The summed E-state index contributed by atoms with van der Waals surface area (Å²) in [5.74, 6) is 0.916. The highest BCUT2D eigenvalue weighted by atomic mass is 15.2. The van der Waals surface area contributed by atoms with Gasteiger partial charge in [-0.2, -0.15) is 5.10 Å². The predicted octanol–water partition coefficient (Wildman–Crippen LogP) is 1.80. The van der Waals surface area contributed by atoms with Gasteiger partial charge in [0.05, 0.1) is 12.2 Å². The molecule has 1 aliphatic carbocycles. The molecule has 0 radical (unpaired) electrons. The SMILES string of the molecule is CCNC(=NCc1ccn[nH]1)NC1CCCCC1. The predicted molar refractivity (Wildman–Crippen MR) is 73.4 cm³/mol. The minimum absolute atomic E-state index is 0.582. The van der Waals surface area contributed by atoms with Crippen molar-refractivity contribution in [3.63, 3.8) is 0 Å². The van der Waals surface area contributed by atoms with Gasteiger partial charge in [0.25, 0.3) is 0 Å². The van der Waals surface area contributed by atoms with Crippen LogP contribution < -0.4 is 10.6 Å². The van der Waals surface area contributed by atoms with Crippen molar-refractivity contribution in [1.82, 2.24) is 20.8 Å². The van der Waals surface area contributed by atoms with Crippen LogP contribution in [0.4, 0.5) is 0 Å². The normalized spacial score (nSPS) is 17.7. The van der Waals surface area contributed by atoms with Crippen LogP contribution in [0.1, 0.15) is 44.7 Å². The summed E-state index contributed by atoms with van der Waals surface area (Å²) in [6, 6.07) is 2.53. The first-order chi connectivity index (χ1) is 8.88. The van der Waals surface area contributed by atoms with Crippen LogP contribution in [0.3, 0.4) is 0 Å². The van der Waals surface area contributed by atoms with E-state index in [-0.39, 0.29) is 0 Å². The number of guanidine groups is 1. The Morgan fingerprint density at radius 3 is 2.94 bits per heavy atom. The quantitative estimate of drug-likeness (QED) is 0.563. The van der Waals surface area contributed by atoms with Crippen molar-refractivity contribution < 1.29 is 0 Å². The second kappa shape index (κ2) is 7.03. The molecular formula is C13H23N5. The van der Waals surface area contributed by atoms with Crippen LogP contribution in [0.2, 0.25) is 0 Å². The molecule has 0 saturated heterocycles. The van der Waals surface area contributed by atoms with Crippen molar-refractivity contribution in [2.45, 2.75) is 51.6 Å². The van der Waals surface area contributed by atoms with E-state index in [1.165, 1.54) is 32.1 Å². The molecule has 0 aliphatic heterocycles. The summed E-state index contributed by atoms with van der Waals surface area (Å²) in [6.45, 7) is 3.62. The molecule has 5 heteroatoms. The number of H-pyrrole nitrogens is 1. The third-order valence-corrected chi connectivity index (χ3v) is 3.26. The molecule has 1 aromatic rings. The van der Waals surface area contributed by atoms with Gasteiger partial charge >= 0.3 is 0 Å². The van der Waals surface area contributed by atoms with Gasteiger partial charge in [-0.05, 0) is 25.8 Å². The third-order valence-electron chi connectivity index (χ3n) is 3.26. The van der Waals surface area contributed by atoms with Gasteiger partial charge in [-0.3, -0.25) is 5.10 Å². The van der Waals surface area contributed by atoms with E-state index >= 15 is 0 Å². The molecule has 100 valence electrons. The van der Waals surface area contributed by atoms with E-state index < -0.39 is 0 Å². The van der Waals surface area contributed by atoms with Crippen LogP contribution in [0.15, 0.2) is 17.3 Å². The molecule has 1 aromatic heterocycles. The number of hydrogen-bond donors (Lipinski definition) is 3. The Balaban J connectivity index is 1.87. The molecule has 2 rings (SSSR count). The largest absolute Gasteiger partial charge is 0.357 e. The third kappa shape index (κ3) is 4.05. The first-order valence-electron chi connectivity index (χ1n) is 6.91. The summed E-state index contributed by atoms with van der Waals surface area (Å²) < 4.78 is 0. The molecule has 1 fully saturated rings. The maximum absolute atomic E-state index is 4.57. The number of rotatable bonds is 4. The Morgan fingerprint density at radius 2 is 2.28 bits per heavy atom. The molecule has 0 unspecified atom stereocenters. The summed E-state index contributed by atoms with van der Waals surface area (Å²) in [7, 11) is 0. The van der Waals surface area contributed by atoms with Gasteiger partial charge in [-0.25, -0.2) is 4.99 Å². The Kier molecular flexibility index (Phi) is 5.05. The van der Waals surface area contributed by atoms with Crippen LogP contribution in [-0.4, -0.2) is 28.7 Å². The monoisotopic (exact) mass is 249 g/mol. The van der Waals surface area contributed by atoms with Crippen molar-refractivity contribution in [3.05, 3.63) is 18.0 Å². The zero-order chi connectivity index (χ0) is 12.6. The number of aromatic nitrogens is 2. The van der Waals surface area contributed by atoms with E-state index in [9.17, 15) is 0 Å². The summed E-state index contributed by atoms with van der Waals surface area (Å²) >= 11 is 0. The average molecular weight is 249 g/mol. The topological polar surface area (TPSA) is 65.1 Å². The first kappa shape index (κ1) is 12.9. The average Bonchev–Trinajstić information content (AvgIpc) is 2.91. The summed E-state index contributed by atoms with van der Waals surface area (Å²) in [6.07, 6.45) is 8.31. The van der Waals surface area contributed by atoms with Crippen molar-refractivity contribution in [2.24, 2.45) is 4.99 Å². The van der Waals surface area contributed by atoms with Gasteiger partial charge in [0.1, 0.15) is 0 Å². The number of aromatic amines is 1. The van der Waals surface area contributed by atoms with Crippen molar-refractivity contribution in [2.75, 3.05) is 6.54 Å². The highest BCUT2D eigenvalue weighted by Crippen LogP contribution is 2.17. The zero-order valence-corrected chi connectivity index (χ0v) is 11.1. The number of nitrogens with zero attached hydrogens (tertiary/aromatic N) is 2. The fourth-order valence-corrected chi connectivity index (χ4v) is 2.30. The molecule has 18 heavy (non-hydrogen) atoms. The Bertz CT molecular complexity index is 351. The molecule has 5 nitrogen and oxygen atoms in total. The molecule has 0 amide bonds. The van der Waals surface area contributed by atoms with Crippen LogP contribution in [0.5, 0.6) is 0 Å². The smallest absolute Gasteiger partial charge is 0.191 e. The Hall–Kier alpha value is -1.52. The molecule has 0 atom stereocenters. The van der Waals surface area contributed by atoms with Gasteiger partial charge < -0.3 is 10.6 Å². The van der Waals surface area contributed by atoms with Gasteiger partial charge in [0.2, 0.25) is 0 Å². The molecule has 3 N–H and O–H groups in total. The Morgan fingerprint density at radius 1 is 1.44 bits per heavy atom. The minimum Gasteiger partial charge on any atom is -0.357 e. The lowest BCUT2D eigenvalue weighted by atomic mass is 9.96. The number of hydrogen-bond acceptors (Lipinski definition) is 2. The van der Waals surface area contributed by atoms with E-state index in [1.54, 1.807) is 6.20 Å². The van der Waals surface area contributed by atoms with E-state index in [0.29, 0.717) is 12.6 Å². The summed E-state index contributed by atoms with van der Waals surface area (Å²) in [5.41, 5.74) is 1.04. The fourth-order valence-electron chi connectivity index (χ4n) is 2.30. The molecule has 0 bridgehead atoms. The minimum atomic E-state index is 0.582. The summed E-state index contributed by atoms with van der Waals surface area (Å²) in [5, 5.41) is 13.7. The van der Waals surface area contributed by atoms with E-state index in [1.807, 2.05) is 6.07 Å². The van der Waals surface area contributed by atoms with E-state index in [2.05, 4.69) is 32.7 Å². The molecule has 1 heterocycles.